The summed E-state index contributed by atoms with van der Waals surface area (Å²) in [4.78, 5) is 4.81. The number of rotatable bonds is 7. The Hall–Kier alpha value is -2.01. The lowest BCUT2D eigenvalue weighted by Gasteiger charge is -2.43. The number of allylic oxidation sites excluding steroid dienone is 1. The smallest absolute Gasteiger partial charge is 0.133 e. The van der Waals surface area contributed by atoms with Gasteiger partial charge in [-0.2, -0.15) is 0 Å². The van der Waals surface area contributed by atoms with E-state index in [0.717, 1.165) is 42.8 Å². The number of hydrogen-bond donors (Lipinski definition) is 2. The minimum Gasteiger partial charge on any atom is -0.487 e. The molecule has 3 aliphatic rings. The zero-order chi connectivity index (χ0) is 19.8. The van der Waals surface area contributed by atoms with Gasteiger partial charge in [0.2, 0.25) is 0 Å². The lowest BCUT2D eigenvalue weighted by atomic mass is 9.92. The molecule has 1 unspecified atom stereocenters. The van der Waals surface area contributed by atoms with E-state index in [9.17, 15) is 0 Å². The molecule has 2 heterocycles. The molecule has 0 aromatic heterocycles. The lowest BCUT2D eigenvalue weighted by molar-refractivity contribution is -0.000504. The van der Waals surface area contributed by atoms with Gasteiger partial charge >= 0.3 is 0 Å². The maximum absolute atomic E-state index is 7.99. The van der Waals surface area contributed by atoms with Crippen molar-refractivity contribution in [3.05, 3.63) is 29.5 Å². The fraction of sp³-hybridized carbons (Fsp3) is 0.609. The summed E-state index contributed by atoms with van der Waals surface area (Å²) in [6.45, 7) is 8.73. The van der Waals surface area contributed by atoms with Gasteiger partial charge in [-0.05, 0) is 58.6 Å². The van der Waals surface area contributed by atoms with Gasteiger partial charge in [0.25, 0.3) is 0 Å². The first-order valence-corrected chi connectivity index (χ1v) is 10.7. The zero-order valence-corrected chi connectivity index (χ0v) is 17.7. The fourth-order valence-corrected chi connectivity index (χ4v) is 4.12. The summed E-state index contributed by atoms with van der Waals surface area (Å²) < 4.78 is 6.61. The van der Waals surface area contributed by atoms with Gasteiger partial charge in [0, 0.05) is 73.1 Å². The highest BCUT2D eigenvalue weighted by molar-refractivity contribution is 6.09. The molecule has 5 heteroatoms. The molecule has 0 amide bonds. The molecule has 152 valence electrons. The predicted molar refractivity (Wildman–Crippen MR) is 117 cm³/mol. The standard InChI is InChI=1S/C23H34N4O/c1-15(2)27-13-19(14-27)28-23-20(17(11-24)12-25-18-6-7-18)9-10-22-21(23)8-5-16(3)26(22)4/h9-12,15-16,18-19,24-25H,5-8,13-14H2,1-4H3/b17-12+,24-11?. The summed E-state index contributed by atoms with van der Waals surface area (Å²) in [5.41, 5.74) is 4.54. The quantitative estimate of drug-likeness (QED) is 0.707. The van der Waals surface area contributed by atoms with E-state index in [1.165, 1.54) is 30.3 Å². The second kappa shape index (κ2) is 7.78. The molecule has 5 nitrogen and oxygen atoms in total. The van der Waals surface area contributed by atoms with Gasteiger partial charge < -0.3 is 20.4 Å². The first-order valence-electron chi connectivity index (χ1n) is 10.7. The SMILES string of the molecule is CC(C)N1CC(Oc2c(/C(C=N)=C/NC3CC3)ccc3c2CCC(C)N3C)C1. The number of benzene rings is 1. The number of nitrogens with zero attached hydrogens (tertiary/aromatic N) is 2. The molecule has 1 saturated heterocycles. The van der Waals surface area contributed by atoms with Gasteiger partial charge in [-0.25, -0.2) is 0 Å². The van der Waals surface area contributed by atoms with Crippen LogP contribution in [0.3, 0.4) is 0 Å². The molecule has 1 aromatic carbocycles. The molecule has 4 rings (SSSR count). The van der Waals surface area contributed by atoms with E-state index in [0.29, 0.717) is 18.1 Å². The Kier molecular flexibility index (Phi) is 5.37. The van der Waals surface area contributed by atoms with Crippen LogP contribution in [0, 0.1) is 5.41 Å². The van der Waals surface area contributed by atoms with Crippen LogP contribution in [0.15, 0.2) is 18.3 Å². The van der Waals surface area contributed by atoms with Crippen molar-refractivity contribution in [2.45, 2.75) is 70.7 Å². The molecule has 1 atom stereocenters. The van der Waals surface area contributed by atoms with Gasteiger partial charge in [-0.3, -0.25) is 4.90 Å². The Balaban J connectivity index is 1.66. The molecule has 2 fully saturated rings. The van der Waals surface area contributed by atoms with Crippen LogP contribution in [0.1, 0.15) is 51.2 Å². The van der Waals surface area contributed by atoms with E-state index in [-0.39, 0.29) is 6.10 Å². The van der Waals surface area contributed by atoms with E-state index in [1.807, 2.05) is 6.20 Å². The highest BCUT2D eigenvalue weighted by Gasteiger charge is 2.33. The molecular formula is C23H34N4O. The van der Waals surface area contributed by atoms with Crippen LogP contribution in [-0.4, -0.2) is 55.5 Å². The molecular weight excluding hydrogens is 348 g/mol. The Labute approximate surface area is 169 Å². The lowest BCUT2D eigenvalue weighted by Crippen LogP contribution is -2.56. The maximum Gasteiger partial charge on any atom is 0.133 e. The molecule has 0 spiro atoms. The highest BCUT2D eigenvalue weighted by Crippen LogP contribution is 2.41. The van der Waals surface area contributed by atoms with Crippen molar-refractivity contribution in [1.29, 1.82) is 5.41 Å². The normalized spacial score (nSPS) is 23.4. The Morgan fingerprint density at radius 1 is 1.25 bits per heavy atom. The third kappa shape index (κ3) is 3.77. The van der Waals surface area contributed by atoms with Crippen molar-refractivity contribution in [3.8, 4) is 5.75 Å². The Morgan fingerprint density at radius 2 is 2.00 bits per heavy atom. The minimum absolute atomic E-state index is 0.237. The van der Waals surface area contributed by atoms with Crippen LogP contribution >= 0.6 is 0 Å². The van der Waals surface area contributed by atoms with Crippen molar-refractivity contribution in [3.63, 3.8) is 0 Å². The molecule has 2 N–H and O–H groups in total. The number of ether oxygens (including phenoxy) is 1. The van der Waals surface area contributed by atoms with Crippen LogP contribution < -0.4 is 15.0 Å². The third-order valence-corrected chi connectivity index (χ3v) is 6.50. The molecule has 28 heavy (non-hydrogen) atoms. The Morgan fingerprint density at radius 3 is 2.64 bits per heavy atom. The van der Waals surface area contributed by atoms with Crippen LogP contribution in [0.25, 0.3) is 5.57 Å². The molecule has 0 radical (unpaired) electrons. The molecule has 1 aromatic rings. The summed E-state index contributed by atoms with van der Waals surface area (Å²) >= 11 is 0. The van der Waals surface area contributed by atoms with Gasteiger partial charge in [0.15, 0.2) is 0 Å². The second-order valence-electron chi connectivity index (χ2n) is 8.91. The van der Waals surface area contributed by atoms with Crippen molar-refractivity contribution >= 4 is 17.5 Å². The first kappa shape index (κ1) is 19.3. The van der Waals surface area contributed by atoms with Crippen LogP contribution in [0.2, 0.25) is 0 Å². The van der Waals surface area contributed by atoms with Crippen molar-refractivity contribution in [2.24, 2.45) is 0 Å². The first-order chi connectivity index (χ1) is 13.5. The Bertz CT molecular complexity index is 762. The number of nitrogens with one attached hydrogen (secondary N) is 2. The van der Waals surface area contributed by atoms with Crippen molar-refractivity contribution in [1.82, 2.24) is 10.2 Å². The van der Waals surface area contributed by atoms with Gasteiger partial charge in [-0.1, -0.05) is 0 Å². The van der Waals surface area contributed by atoms with Crippen LogP contribution in [0.4, 0.5) is 5.69 Å². The second-order valence-corrected chi connectivity index (χ2v) is 8.91. The monoisotopic (exact) mass is 382 g/mol. The number of hydrogen-bond acceptors (Lipinski definition) is 5. The van der Waals surface area contributed by atoms with Crippen LogP contribution in [0.5, 0.6) is 5.75 Å². The van der Waals surface area contributed by atoms with Crippen molar-refractivity contribution in [2.75, 3.05) is 25.0 Å². The van der Waals surface area contributed by atoms with E-state index in [2.05, 4.69) is 55.1 Å². The van der Waals surface area contributed by atoms with E-state index in [4.69, 9.17) is 10.1 Å². The molecule has 0 bridgehead atoms. The molecule has 1 saturated carbocycles. The van der Waals surface area contributed by atoms with Gasteiger partial charge in [-0.15, -0.1) is 0 Å². The summed E-state index contributed by atoms with van der Waals surface area (Å²) in [7, 11) is 2.18. The third-order valence-electron chi connectivity index (χ3n) is 6.50. The van der Waals surface area contributed by atoms with E-state index in [1.54, 1.807) is 0 Å². The summed E-state index contributed by atoms with van der Waals surface area (Å²) in [5.74, 6) is 0.997. The van der Waals surface area contributed by atoms with E-state index >= 15 is 0 Å². The maximum atomic E-state index is 7.99. The minimum atomic E-state index is 0.237. The molecule has 2 aliphatic heterocycles. The largest absolute Gasteiger partial charge is 0.487 e. The topological polar surface area (TPSA) is 51.6 Å². The zero-order valence-electron chi connectivity index (χ0n) is 17.7. The predicted octanol–water partition coefficient (Wildman–Crippen LogP) is 3.67. The van der Waals surface area contributed by atoms with Gasteiger partial charge in [0.05, 0.1) is 0 Å². The van der Waals surface area contributed by atoms with Crippen LogP contribution in [-0.2, 0) is 6.42 Å². The summed E-state index contributed by atoms with van der Waals surface area (Å²) in [6, 6.07) is 6.04. The molecule has 1 aliphatic carbocycles. The fourth-order valence-electron chi connectivity index (χ4n) is 4.12. The van der Waals surface area contributed by atoms with Crippen molar-refractivity contribution < 1.29 is 4.74 Å². The average molecular weight is 383 g/mol. The number of anilines is 1. The van der Waals surface area contributed by atoms with Gasteiger partial charge in [0.1, 0.15) is 11.9 Å². The van der Waals surface area contributed by atoms with E-state index < -0.39 is 0 Å². The number of fused-ring (bicyclic) bond motifs is 1. The summed E-state index contributed by atoms with van der Waals surface area (Å²) in [6.07, 6.45) is 8.33. The summed E-state index contributed by atoms with van der Waals surface area (Å²) in [5, 5.41) is 11.4. The average Bonchev–Trinajstić information content (AvgIpc) is 3.46. The highest BCUT2D eigenvalue weighted by atomic mass is 16.5. The number of likely N-dealkylation sites (tertiary alicyclic amines) is 1.